The highest BCUT2D eigenvalue weighted by Crippen LogP contribution is 2.24. The molecule has 1 amide bonds. The van der Waals surface area contributed by atoms with E-state index in [1.54, 1.807) is 14.2 Å². The van der Waals surface area contributed by atoms with Crippen LogP contribution in [0, 0.1) is 0 Å². The van der Waals surface area contributed by atoms with Crippen molar-refractivity contribution in [1.82, 2.24) is 5.01 Å². The van der Waals surface area contributed by atoms with Gasteiger partial charge in [0.25, 0.3) is 5.91 Å². The van der Waals surface area contributed by atoms with Gasteiger partial charge in [-0.25, -0.2) is 5.01 Å². The Hall–Kier alpha value is -3.08. The molecule has 0 spiro atoms. The lowest BCUT2D eigenvalue weighted by Crippen LogP contribution is -2.17. The summed E-state index contributed by atoms with van der Waals surface area (Å²) in [5.41, 5.74) is 4.22. The molecule has 3 rings (SSSR count). The highest BCUT2D eigenvalue weighted by molar-refractivity contribution is 6.33. The summed E-state index contributed by atoms with van der Waals surface area (Å²) in [5.74, 6) is 0.661. The number of amides is 1. The van der Waals surface area contributed by atoms with Crippen molar-refractivity contribution in [2.24, 2.45) is 5.10 Å². The lowest BCUT2D eigenvalue weighted by atomic mass is 10.00. The van der Waals surface area contributed by atoms with E-state index in [-0.39, 0.29) is 5.91 Å². The number of rotatable bonds is 4. The maximum absolute atomic E-state index is 12.5. The minimum atomic E-state index is -0.109. The Balaban J connectivity index is 1.96. The molecule has 0 fully saturated rings. The van der Waals surface area contributed by atoms with Crippen molar-refractivity contribution in [3.05, 3.63) is 65.2 Å². The third-order valence-corrected chi connectivity index (χ3v) is 4.11. The quantitative estimate of drug-likeness (QED) is 0.807. The van der Waals surface area contributed by atoms with Gasteiger partial charge in [0.05, 0.1) is 12.7 Å². The molecule has 25 heavy (non-hydrogen) atoms. The third-order valence-electron chi connectivity index (χ3n) is 4.11. The molecule has 0 saturated heterocycles. The van der Waals surface area contributed by atoms with Gasteiger partial charge < -0.3 is 9.64 Å². The van der Waals surface area contributed by atoms with Crippen LogP contribution in [0.1, 0.15) is 11.1 Å². The Kier molecular flexibility index (Phi) is 4.57. The van der Waals surface area contributed by atoms with E-state index in [0.717, 1.165) is 22.6 Å². The van der Waals surface area contributed by atoms with Gasteiger partial charge in [-0.15, -0.1) is 0 Å². The van der Waals surface area contributed by atoms with Gasteiger partial charge in [-0.2, -0.15) is 5.10 Å². The van der Waals surface area contributed by atoms with Crippen LogP contribution >= 0.6 is 0 Å². The van der Waals surface area contributed by atoms with Crippen LogP contribution in [0.2, 0.25) is 0 Å². The largest absolute Gasteiger partial charge is 0.497 e. The highest BCUT2D eigenvalue weighted by Gasteiger charge is 2.28. The maximum Gasteiger partial charge on any atom is 0.276 e. The number of methoxy groups -OCH3 is 1. The van der Waals surface area contributed by atoms with Gasteiger partial charge in [0.15, 0.2) is 0 Å². The molecule has 0 aromatic heterocycles. The molecule has 2 aromatic carbocycles. The second-order valence-electron chi connectivity index (χ2n) is 6.05. The number of benzene rings is 2. The zero-order valence-corrected chi connectivity index (χ0v) is 14.9. The van der Waals surface area contributed by atoms with Gasteiger partial charge in [0, 0.05) is 32.4 Å². The van der Waals surface area contributed by atoms with E-state index in [0.29, 0.717) is 11.3 Å². The fraction of sp³-hybridized carbons (Fsp3) is 0.200. The summed E-state index contributed by atoms with van der Waals surface area (Å²) in [6.45, 7) is 0. The predicted octanol–water partition coefficient (Wildman–Crippen LogP) is 3.02. The first-order valence-electron chi connectivity index (χ1n) is 8.00. The molecule has 0 N–H and O–H groups in total. The van der Waals surface area contributed by atoms with Crippen LogP contribution in [0.5, 0.6) is 5.75 Å². The molecular formula is C20H21N3O2. The van der Waals surface area contributed by atoms with E-state index in [9.17, 15) is 4.79 Å². The van der Waals surface area contributed by atoms with Crippen LogP contribution in [0.4, 0.5) is 5.69 Å². The van der Waals surface area contributed by atoms with Crippen molar-refractivity contribution < 1.29 is 9.53 Å². The molecule has 1 aliphatic rings. The second kappa shape index (κ2) is 6.81. The Morgan fingerprint density at radius 3 is 2.24 bits per heavy atom. The van der Waals surface area contributed by atoms with Crippen molar-refractivity contribution in [3.8, 4) is 5.75 Å². The summed E-state index contributed by atoms with van der Waals surface area (Å²) >= 11 is 0. The van der Waals surface area contributed by atoms with Gasteiger partial charge in [-0.1, -0.05) is 12.1 Å². The summed E-state index contributed by atoms with van der Waals surface area (Å²) in [4.78, 5) is 14.5. The van der Waals surface area contributed by atoms with E-state index in [2.05, 4.69) is 5.10 Å². The molecule has 0 radical (unpaired) electrons. The predicted molar refractivity (Wildman–Crippen MR) is 101 cm³/mol. The normalized spacial score (nSPS) is 15.5. The molecule has 0 aliphatic carbocycles. The number of carbonyl (C=O) groups excluding carboxylic acids is 1. The van der Waals surface area contributed by atoms with Crippen molar-refractivity contribution in [1.29, 1.82) is 0 Å². The van der Waals surface area contributed by atoms with E-state index in [4.69, 9.17) is 4.74 Å². The van der Waals surface area contributed by atoms with Crippen molar-refractivity contribution >= 4 is 23.4 Å². The van der Waals surface area contributed by atoms with Gasteiger partial charge in [-0.3, -0.25) is 4.79 Å². The molecule has 5 heteroatoms. The van der Waals surface area contributed by atoms with Crippen LogP contribution in [-0.4, -0.2) is 44.9 Å². The monoisotopic (exact) mass is 335 g/mol. The van der Waals surface area contributed by atoms with Crippen LogP contribution < -0.4 is 9.64 Å². The zero-order chi connectivity index (χ0) is 18.0. The van der Waals surface area contributed by atoms with Crippen LogP contribution in [-0.2, 0) is 4.79 Å². The summed E-state index contributed by atoms with van der Waals surface area (Å²) in [5, 5.41) is 5.78. The molecule has 2 aromatic rings. The smallest absolute Gasteiger partial charge is 0.276 e. The Bertz CT molecular complexity index is 834. The molecule has 0 atom stereocenters. The van der Waals surface area contributed by atoms with Gasteiger partial charge in [0.1, 0.15) is 11.5 Å². The van der Waals surface area contributed by atoms with Gasteiger partial charge in [-0.05, 0) is 48.0 Å². The zero-order valence-electron chi connectivity index (χ0n) is 14.9. The molecule has 0 saturated carbocycles. The number of anilines is 1. The fourth-order valence-electron chi connectivity index (χ4n) is 2.65. The summed E-state index contributed by atoms with van der Waals surface area (Å²) in [7, 11) is 7.29. The number of likely N-dealkylation sites (N-methyl/N-ethyl adjacent to an activating group) is 1. The maximum atomic E-state index is 12.5. The minimum absolute atomic E-state index is 0.109. The number of hydrogen-bond donors (Lipinski definition) is 0. The number of carbonyl (C=O) groups is 1. The molecule has 0 bridgehead atoms. The average Bonchev–Trinajstić information content (AvgIpc) is 2.90. The second-order valence-corrected chi connectivity index (χ2v) is 6.05. The summed E-state index contributed by atoms with van der Waals surface area (Å²) < 4.78 is 5.19. The van der Waals surface area contributed by atoms with Crippen molar-refractivity contribution in [2.45, 2.75) is 0 Å². The SMILES string of the molecule is COc1ccc(C2=NN(C)C(=O)/C2=C\c2ccc(N(C)C)cc2)cc1. The van der Waals surface area contributed by atoms with E-state index in [1.807, 2.05) is 73.6 Å². The Morgan fingerprint density at radius 2 is 1.68 bits per heavy atom. The minimum Gasteiger partial charge on any atom is -0.497 e. The molecule has 1 aliphatic heterocycles. The molecule has 128 valence electrons. The number of hydrogen-bond acceptors (Lipinski definition) is 4. The van der Waals surface area contributed by atoms with Crippen molar-refractivity contribution in [3.63, 3.8) is 0 Å². The lowest BCUT2D eigenvalue weighted by Gasteiger charge is -2.12. The number of ether oxygens (including phenoxy) is 1. The van der Waals surface area contributed by atoms with Crippen LogP contribution in [0.15, 0.2) is 59.2 Å². The van der Waals surface area contributed by atoms with E-state index in [1.165, 1.54) is 5.01 Å². The molecular weight excluding hydrogens is 314 g/mol. The highest BCUT2D eigenvalue weighted by atomic mass is 16.5. The number of hydrazone groups is 1. The average molecular weight is 335 g/mol. The Morgan fingerprint density at radius 1 is 1.04 bits per heavy atom. The van der Waals surface area contributed by atoms with Crippen LogP contribution in [0.25, 0.3) is 6.08 Å². The first kappa shape index (κ1) is 16.8. The van der Waals surface area contributed by atoms with Gasteiger partial charge in [0.2, 0.25) is 0 Å². The summed E-state index contributed by atoms with van der Waals surface area (Å²) in [6.07, 6.45) is 1.88. The van der Waals surface area contributed by atoms with Crippen molar-refractivity contribution in [2.75, 3.05) is 33.2 Å². The third kappa shape index (κ3) is 3.40. The van der Waals surface area contributed by atoms with E-state index < -0.39 is 0 Å². The standard InChI is InChI=1S/C20H21N3O2/c1-22(2)16-9-5-14(6-10-16)13-18-19(21-23(3)20(18)24)15-7-11-17(25-4)12-8-15/h5-13H,1-4H3/b18-13-. The van der Waals surface area contributed by atoms with Gasteiger partial charge >= 0.3 is 0 Å². The first-order valence-corrected chi connectivity index (χ1v) is 8.00. The molecule has 0 unspecified atom stereocenters. The molecule has 5 nitrogen and oxygen atoms in total. The number of nitrogens with zero attached hydrogens (tertiary/aromatic N) is 3. The summed E-state index contributed by atoms with van der Waals surface area (Å²) in [6, 6.07) is 15.6. The molecule has 1 heterocycles. The van der Waals surface area contributed by atoms with E-state index >= 15 is 0 Å². The van der Waals surface area contributed by atoms with Crippen LogP contribution in [0.3, 0.4) is 0 Å². The fourth-order valence-corrected chi connectivity index (χ4v) is 2.65. The lowest BCUT2D eigenvalue weighted by molar-refractivity contribution is -0.124. The topological polar surface area (TPSA) is 45.1 Å². The first-order chi connectivity index (χ1) is 12.0. The Labute approximate surface area is 147 Å².